The van der Waals surface area contributed by atoms with Gasteiger partial charge in [0, 0.05) is 42.7 Å². The lowest BCUT2D eigenvalue weighted by atomic mass is 10.1. The lowest BCUT2D eigenvalue weighted by molar-refractivity contribution is 0.0996. The van der Waals surface area contributed by atoms with Crippen molar-refractivity contribution in [1.29, 1.82) is 0 Å². The zero-order valence-corrected chi connectivity index (χ0v) is 14.9. The second kappa shape index (κ2) is 7.50. The molecule has 0 unspecified atom stereocenters. The molecule has 1 heterocycles. The third-order valence-electron chi connectivity index (χ3n) is 4.20. The van der Waals surface area contributed by atoms with Crippen LogP contribution in [-0.2, 0) is 0 Å². The standard InChI is InChI=1S/C18H17Cl2FN2O2/c19-11-2-1-3-12(8-11)23-6-4-13(5-7-23)25-17-10-16(21)14(18(22)24)9-15(17)20/h1-3,8-10,13H,4-7H2,(H2,22,24). The Morgan fingerprint density at radius 2 is 1.92 bits per heavy atom. The molecule has 3 rings (SSSR count). The van der Waals surface area contributed by atoms with E-state index in [0.29, 0.717) is 5.02 Å². The summed E-state index contributed by atoms with van der Waals surface area (Å²) < 4.78 is 19.7. The van der Waals surface area contributed by atoms with Gasteiger partial charge in [-0.05, 0) is 24.3 Å². The molecule has 0 aliphatic carbocycles. The molecule has 2 N–H and O–H groups in total. The SMILES string of the molecule is NC(=O)c1cc(Cl)c(OC2CCN(c3cccc(Cl)c3)CC2)cc1F. The zero-order chi connectivity index (χ0) is 18.0. The Labute approximate surface area is 155 Å². The summed E-state index contributed by atoms with van der Waals surface area (Å²) >= 11 is 12.1. The van der Waals surface area contributed by atoms with Crippen molar-refractivity contribution in [2.45, 2.75) is 18.9 Å². The smallest absolute Gasteiger partial charge is 0.251 e. The van der Waals surface area contributed by atoms with Gasteiger partial charge in [0.05, 0.1) is 10.6 Å². The molecule has 2 aromatic carbocycles. The van der Waals surface area contributed by atoms with Crippen LogP contribution >= 0.6 is 23.2 Å². The number of nitrogens with zero attached hydrogens (tertiary/aromatic N) is 1. The maximum atomic E-state index is 13.9. The van der Waals surface area contributed by atoms with Crippen LogP contribution in [0.4, 0.5) is 10.1 Å². The first-order valence-electron chi connectivity index (χ1n) is 7.90. The molecule has 1 aliphatic rings. The van der Waals surface area contributed by atoms with Crippen molar-refractivity contribution in [3.8, 4) is 5.75 Å². The summed E-state index contributed by atoms with van der Waals surface area (Å²) in [6.45, 7) is 1.59. The number of rotatable bonds is 4. The number of ether oxygens (including phenoxy) is 1. The minimum Gasteiger partial charge on any atom is -0.489 e. The average Bonchev–Trinajstić information content (AvgIpc) is 2.58. The quantitative estimate of drug-likeness (QED) is 0.858. The summed E-state index contributed by atoms with van der Waals surface area (Å²) in [5, 5.41) is 0.875. The van der Waals surface area contributed by atoms with Crippen molar-refractivity contribution in [3.63, 3.8) is 0 Å². The first kappa shape index (κ1) is 17.8. The van der Waals surface area contributed by atoms with Gasteiger partial charge in [-0.2, -0.15) is 0 Å². The van der Waals surface area contributed by atoms with Crippen LogP contribution in [0.1, 0.15) is 23.2 Å². The fourth-order valence-corrected chi connectivity index (χ4v) is 3.28. The van der Waals surface area contributed by atoms with E-state index in [9.17, 15) is 9.18 Å². The summed E-state index contributed by atoms with van der Waals surface area (Å²) in [6.07, 6.45) is 1.45. The molecule has 2 aromatic rings. The molecule has 1 amide bonds. The molecular formula is C18H17Cl2FN2O2. The van der Waals surface area contributed by atoms with Crippen molar-refractivity contribution in [1.82, 2.24) is 0 Å². The van der Waals surface area contributed by atoms with E-state index in [1.165, 1.54) is 6.07 Å². The number of halogens is 3. The number of nitrogens with two attached hydrogens (primary N) is 1. The molecule has 0 saturated carbocycles. The van der Waals surface area contributed by atoms with Crippen LogP contribution in [0.5, 0.6) is 5.75 Å². The summed E-state index contributed by atoms with van der Waals surface area (Å²) in [7, 11) is 0. The molecule has 1 aliphatic heterocycles. The van der Waals surface area contributed by atoms with E-state index in [2.05, 4.69) is 4.90 Å². The Morgan fingerprint density at radius 3 is 2.56 bits per heavy atom. The minimum atomic E-state index is -0.860. The molecule has 0 bridgehead atoms. The number of hydrogen-bond donors (Lipinski definition) is 1. The van der Waals surface area contributed by atoms with Crippen molar-refractivity contribution >= 4 is 34.8 Å². The van der Waals surface area contributed by atoms with Gasteiger partial charge < -0.3 is 15.4 Å². The molecule has 25 heavy (non-hydrogen) atoms. The predicted octanol–water partition coefficient (Wildman–Crippen LogP) is 4.28. The first-order chi connectivity index (χ1) is 11.9. The zero-order valence-electron chi connectivity index (χ0n) is 13.3. The number of anilines is 1. The van der Waals surface area contributed by atoms with E-state index in [1.54, 1.807) is 0 Å². The highest BCUT2D eigenvalue weighted by molar-refractivity contribution is 6.32. The Hall–Kier alpha value is -1.98. The number of piperidine rings is 1. The normalized spacial score (nSPS) is 15.2. The van der Waals surface area contributed by atoms with Crippen LogP contribution in [0.15, 0.2) is 36.4 Å². The molecule has 7 heteroatoms. The van der Waals surface area contributed by atoms with Crippen molar-refractivity contribution in [3.05, 3.63) is 57.8 Å². The van der Waals surface area contributed by atoms with Gasteiger partial charge in [0.2, 0.25) is 0 Å². The molecule has 0 spiro atoms. The van der Waals surface area contributed by atoms with Gasteiger partial charge in [-0.3, -0.25) is 4.79 Å². The number of hydrogen-bond acceptors (Lipinski definition) is 3. The number of carbonyl (C=O) groups is 1. The molecule has 1 fully saturated rings. The van der Waals surface area contributed by atoms with Crippen LogP contribution in [0.3, 0.4) is 0 Å². The van der Waals surface area contributed by atoms with Crippen molar-refractivity contribution in [2.75, 3.05) is 18.0 Å². The van der Waals surface area contributed by atoms with E-state index in [-0.39, 0.29) is 22.4 Å². The van der Waals surface area contributed by atoms with E-state index >= 15 is 0 Å². The third-order valence-corrected chi connectivity index (χ3v) is 4.73. The Morgan fingerprint density at radius 1 is 1.20 bits per heavy atom. The minimum absolute atomic E-state index is 0.0771. The maximum absolute atomic E-state index is 13.9. The van der Waals surface area contributed by atoms with Gasteiger partial charge in [-0.25, -0.2) is 4.39 Å². The summed E-state index contributed by atoms with van der Waals surface area (Å²) in [6, 6.07) is 10.0. The van der Waals surface area contributed by atoms with Gasteiger partial charge in [-0.15, -0.1) is 0 Å². The largest absolute Gasteiger partial charge is 0.489 e. The number of benzene rings is 2. The third kappa shape index (κ3) is 4.17. The predicted molar refractivity (Wildman–Crippen MR) is 97.2 cm³/mol. The monoisotopic (exact) mass is 382 g/mol. The van der Waals surface area contributed by atoms with Crippen LogP contribution < -0.4 is 15.4 Å². The second-order valence-corrected chi connectivity index (χ2v) is 6.75. The highest BCUT2D eigenvalue weighted by Gasteiger charge is 2.23. The summed E-state index contributed by atoms with van der Waals surface area (Å²) in [5.41, 5.74) is 5.93. The Kier molecular flexibility index (Phi) is 5.35. The van der Waals surface area contributed by atoms with Gasteiger partial charge in [0.25, 0.3) is 5.91 Å². The second-order valence-electron chi connectivity index (χ2n) is 5.91. The first-order valence-corrected chi connectivity index (χ1v) is 8.65. The Bertz CT molecular complexity index is 793. The van der Waals surface area contributed by atoms with Gasteiger partial charge in [0.15, 0.2) is 0 Å². The van der Waals surface area contributed by atoms with Crippen molar-refractivity contribution < 1.29 is 13.9 Å². The van der Waals surface area contributed by atoms with Crippen LogP contribution in [0.25, 0.3) is 0 Å². The average molecular weight is 383 g/mol. The van der Waals surface area contributed by atoms with Gasteiger partial charge in [-0.1, -0.05) is 29.3 Å². The molecule has 0 atom stereocenters. The van der Waals surface area contributed by atoms with E-state index in [4.69, 9.17) is 33.7 Å². The molecular weight excluding hydrogens is 366 g/mol. The number of primary amides is 1. The van der Waals surface area contributed by atoms with E-state index in [0.717, 1.165) is 37.7 Å². The van der Waals surface area contributed by atoms with Gasteiger partial charge in [0.1, 0.15) is 17.7 Å². The lowest BCUT2D eigenvalue weighted by Gasteiger charge is -2.34. The van der Waals surface area contributed by atoms with Crippen LogP contribution in [0.2, 0.25) is 10.0 Å². The molecule has 1 saturated heterocycles. The number of amides is 1. The van der Waals surface area contributed by atoms with Crippen LogP contribution in [0, 0.1) is 5.82 Å². The van der Waals surface area contributed by atoms with Gasteiger partial charge >= 0.3 is 0 Å². The highest BCUT2D eigenvalue weighted by Crippen LogP contribution is 2.31. The Balaban J connectivity index is 1.64. The molecule has 4 nitrogen and oxygen atoms in total. The van der Waals surface area contributed by atoms with E-state index in [1.807, 2.05) is 24.3 Å². The molecule has 0 radical (unpaired) electrons. The summed E-state index contributed by atoms with van der Waals surface area (Å²) in [4.78, 5) is 13.4. The molecule has 0 aromatic heterocycles. The number of carbonyl (C=O) groups excluding carboxylic acids is 1. The summed E-state index contributed by atoms with van der Waals surface area (Å²) in [5.74, 6) is -1.37. The lowest BCUT2D eigenvalue weighted by Crippen LogP contribution is -2.38. The van der Waals surface area contributed by atoms with E-state index < -0.39 is 11.7 Å². The fraction of sp³-hybridized carbons (Fsp3) is 0.278. The molecule has 132 valence electrons. The fourth-order valence-electron chi connectivity index (χ4n) is 2.89. The maximum Gasteiger partial charge on any atom is 0.251 e. The topological polar surface area (TPSA) is 55.6 Å². The van der Waals surface area contributed by atoms with Crippen LogP contribution in [-0.4, -0.2) is 25.1 Å². The van der Waals surface area contributed by atoms with Crippen molar-refractivity contribution in [2.24, 2.45) is 5.73 Å². The highest BCUT2D eigenvalue weighted by atomic mass is 35.5.